The summed E-state index contributed by atoms with van der Waals surface area (Å²) >= 11 is 0. The highest BCUT2D eigenvalue weighted by atomic mass is 16.3. The van der Waals surface area contributed by atoms with Crippen molar-refractivity contribution >= 4 is 22.7 Å². The number of aliphatic hydroxyl groups is 1. The number of amides is 2. The fourth-order valence-corrected chi connectivity index (χ4v) is 2.78. The van der Waals surface area contributed by atoms with Crippen LogP contribution in [0.15, 0.2) is 24.3 Å². The molecule has 7 heteroatoms. The van der Waals surface area contributed by atoms with Gasteiger partial charge in [0.1, 0.15) is 6.04 Å². The van der Waals surface area contributed by atoms with Gasteiger partial charge in [-0.15, -0.1) is 0 Å². The number of aliphatic hydroxyl groups excluding tert-OH is 1. The smallest absolute Gasteiger partial charge is 0.273 e. The molecule has 0 unspecified atom stereocenters. The van der Waals surface area contributed by atoms with Crippen LogP contribution < -0.4 is 11.1 Å². The minimum absolute atomic E-state index is 0.110. The highest BCUT2D eigenvalue weighted by Gasteiger charge is 2.25. The summed E-state index contributed by atoms with van der Waals surface area (Å²) < 4.78 is 1.77. The van der Waals surface area contributed by atoms with Crippen molar-refractivity contribution in [1.82, 2.24) is 15.1 Å². The number of nitrogens with two attached hydrogens (primary N) is 1. The summed E-state index contributed by atoms with van der Waals surface area (Å²) in [5.74, 6) is -1.09. The number of primary amides is 1. The predicted octanol–water partition coefficient (Wildman–Crippen LogP) is 1.44. The summed E-state index contributed by atoms with van der Waals surface area (Å²) in [5.41, 5.74) is 6.50. The van der Waals surface area contributed by atoms with Gasteiger partial charge in [0.2, 0.25) is 5.91 Å². The number of aromatic nitrogens is 2. The van der Waals surface area contributed by atoms with Crippen LogP contribution in [0.25, 0.3) is 10.9 Å². The van der Waals surface area contributed by atoms with Gasteiger partial charge in [-0.1, -0.05) is 32.0 Å². The Hall–Kier alpha value is -2.41. The molecule has 0 bridgehead atoms. The Morgan fingerprint density at radius 3 is 2.56 bits per heavy atom. The number of aryl methyl sites for hydroxylation is 1. The number of carbonyl (C=O) groups excluding carboxylic acids is 2. The van der Waals surface area contributed by atoms with Crippen molar-refractivity contribution in [2.45, 2.75) is 52.3 Å². The molecule has 1 heterocycles. The lowest BCUT2D eigenvalue weighted by Gasteiger charge is -2.18. The Kier molecular flexibility index (Phi) is 6.14. The van der Waals surface area contributed by atoms with Gasteiger partial charge in [0.25, 0.3) is 5.91 Å². The molecule has 0 fully saturated rings. The van der Waals surface area contributed by atoms with E-state index in [0.717, 1.165) is 17.3 Å². The second kappa shape index (κ2) is 8.11. The first kappa shape index (κ1) is 18.9. The molecule has 0 spiro atoms. The second-order valence-electron chi connectivity index (χ2n) is 6.68. The molecular weight excluding hydrogens is 320 g/mol. The lowest BCUT2D eigenvalue weighted by atomic mass is 10.0. The normalized spacial score (nSPS) is 13.8. The van der Waals surface area contributed by atoms with Gasteiger partial charge in [0, 0.05) is 11.9 Å². The number of benzene rings is 1. The van der Waals surface area contributed by atoms with Crippen LogP contribution in [0.4, 0.5) is 0 Å². The molecule has 0 saturated carbocycles. The van der Waals surface area contributed by atoms with E-state index in [-0.39, 0.29) is 17.7 Å². The van der Waals surface area contributed by atoms with E-state index in [9.17, 15) is 14.7 Å². The third-order valence-electron chi connectivity index (χ3n) is 4.12. The van der Waals surface area contributed by atoms with Gasteiger partial charge in [0.05, 0.1) is 11.6 Å². The van der Waals surface area contributed by atoms with Crippen LogP contribution in [0.2, 0.25) is 0 Å². The van der Waals surface area contributed by atoms with Crippen molar-refractivity contribution in [3.8, 4) is 0 Å². The van der Waals surface area contributed by atoms with Crippen LogP contribution in [-0.4, -0.2) is 38.8 Å². The SMILES string of the molecule is CC(C)[C@H](NC(=O)c1nn(CCC[C@@H](C)O)c2ccccc12)C(N)=O. The zero-order valence-corrected chi connectivity index (χ0v) is 14.9. The quantitative estimate of drug-likeness (QED) is 0.671. The minimum Gasteiger partial charge on any atom is -0.393 e. The Labute approximate surface area is 147 Å². The molecule has 136 valence electrons. The van der Waals surface area contributed by atoms with Crippen molar-refractivity contribution in [2.75, 3.05) is 0 Å². The zero-order chi connectivity index (χ0) is 18.6. The molecular formula is C18H26N4O3. The van der Waals surface area contributed by atoms with Gasteiger partial charge < -0.3 is 16.2 Å². The van der Waals surface area contributed by atoms with Gasteiger partial charge in [-0.3, -0.25) is 14.3 Å². The molecule has 1 aromatic heterocycles. The molecule has 1 aromatic carbocycles. The highest BCUT2D eigenvalue weighted by molar-refractivity contribution is 6.06. The first-order valence-corrected chi connectivity index (χ1v) is 8.55. The maximum absolute atomic E-state index is 12.6. The predicted molar refractivity (Wildman–Crippen MR) is 95.9 cm³/mol. The number of fused-ring (bicyclic) bond motifs is 1. The average molecular weight is 346 g/mol. The monoisotopic (exact) mass is 346 g/mol. The van der Waals surface area contributed by atoms with Crippen molar-refractivity contribution < 1.29 is 14.7 Å². The Morgan fingerprint density at radius 1 is 1.28 bits per heavy atom. The molecule has 4 N–H and O–H groups in total. The van der Waals surface area contributed by atoms with Crippen LogP contribution in [0, 0.1) is 5.92 Å². The van der Waals surface area contributed by atoms with Crippen LogP contribution in [0.1, 0.15) is 44.1 Å². The third kappa shape index (κ3) is 4.57. The Balaban J connectivity index is 2.28. The summed E-state index contributed by atoms with van der Waals surface area (Å²) in [6.07, 6.45) is 1.04. The molecule has 0 aliphatic heterocycles. The first-order valence-electron chi connectivity index (χ1n) is 8.55. The van der Waals surface area contributed by atoms with Crippen LogP contribution in [0.5, 0.6) is 0 Å². The maximum atomic E-state index is 12.6. The Morgan fingerprint density at radius 2 is 1.96 bits per heavy atom. The summed E-state index contributed by atoms with van der Waals surface area (Å²) in [6, 6.07) is 6.71. The number of carbonyl (C=O) groups is 2. The number of hydrogen-bond donors (Lipinski definition) is 3. The molecule has 2 atom stereocenters. The number of para-hydroxylation sites is 1. The maximum Gasteiger partial charge on any atom is 0.273 e. The van der Waals surface area contributed by atoms with E-state index in [0.29, 0.717) is 13.0 Å². The largest absolute Gasteiger partial charge is 0.393 e. The fourth-order valence-electron chi connectivity index (χ4n) is 2.78. The summed E-state index contributed by atoms with van der Waals surface area (Å²) in [6.45, 7) is 5.99. The van der Waals surface area contributed by atoms with E-state index in [1.165, 1.54) is 0 Å². The van der Waals surface area contributed by atoms with Crippen molar-refractivity contribution in [1.29, 1.82) is 0 Å². The third-order valence-corrected chi connectivity index (χ3v) is 4.12. The Bertz CT molecular complexity index is 752. The topological polar surface area (TPSA) is 110 Å². The molecule has 2 rings (SSSR count). The van der Waals surface area contributed by atoms with Gasteiger partial charge in [0.15, 0.2) is 5.69 Å². The summed E-state index contributed by atoms with van der Waals surface area (Å²) in [5, 5.41) is 17.2. The molecule has 0 saturated heterocycles. The van der Waals surface area contributed by atoms with Gasteiger partial charge in [-0.2, -0.15) is 5.10 Å². The molecule has 0 radical (unpaired) electrons. The second-order valence-corrected chi connectivity index (χ2v) is 6.68. The van der Waals surface area contributed by atoms with Gasteiger partial charge in [-0.25, -0.2) is 0 Å². The van der Waals surface area contributed by atoms with E-state index in [4.69, 9.17) is 5.73 Å². The van der Waals surface area contributed by atoms with E-state index in [2.05, 4.69) is 10.4 Å². The van der Waals surface area contributed by atoms with Gasteiger partial charge in [-0.05, 0) is 31.7 Å². The number of nitrogens with one attached hydrogen (secondary N) is 1. The molecule has 7 nitrogen and oxygen atoms in total. The molecule has 0 aliphatic rings. The number of nitrogens with zero attached hydrogens (tertiary/aromatic N) is 2. The lowest BCUT2D eigenvalue weighted by molar-refractivity contribution is -0.120. The van der Waals surface area contributed by atoms with E-state index in [1.54, 1.807) is 11.6 Å². The van der Waals surface area contributed by atoms with Crippen LogP contribution >= 0.6 is 0 Å². The molecule has 2 amide bonds. The molecule has 25 heavy (non-hydrogen) atoms. The zero-order valence-electron chi connectivity index (χ0n) is 14.9. The van der Waals surface area contributed by atoms with Crippen LogP contribution in [-0.2, 0) is 11.3 Å². The van der Waals surface area contributed by atoms with E-state index in [1.807, 2.05) is 38.1 Å². The van der Waals surface area contributed by atoms with Crippen LogP contribution in [0.3, 0.4) is 0 Å². The first-order chi connectivity index (χ1) is 11.8. The lowest BCUT2D eigenvalue weighted by Crippen LogP contribution is -2.47. The molecule has 2 aromatic rings. The van der Waals surface area contributed by atoms with Gasteiger partial charge >= 0.3 is 0 Å². The number of hydrogen-bond acceptors (Lipinski definition) is 4. The standard InChI is InChI=1S/C18H26N4O3/c1-11(2)15(17(19)24)20-18(25)16-13-8-4-5-9-14(13)22(21-16)10-6-7-12(3)23/h4-5,8-9,11-12,15,23H,6-7,10H2,1-3H3,(H2,19,24)(H,20,25)/t12-,15+/m1/s1. The number of rotatable bonds is 8. The van der Waals surface area contributed by atoms with Crippen molar-refractivity contribution in [2.24, 2.45) is 11.7 Å². The molecule has 0 aliphatic carbocycles. The fraction of sp³-hybridized carbons (Fsp3) is 0.500. The average Bonchev–Trinajstić information content (AvgIpc) is 2.90. The minimum atomic E-state index is -0.744. The van der Waals surface area contributed by atoms with Crippen molar-refractivity contribution in [3.05, 3.63) is 30.0 Å². The highest BCUT2D eigenvalue weighted by Crippen LogP contribution is 2.19. The van der Waals surface area contributed by atoms with Crippen molar-refractivity contribution in [3.63, 3.8) is 0 Å². The van der Waals surface area contributed by atoms with E-state index < -0.39 is 17.9 Å². The summed E-state index contributed by atoms with van der Waals surface area (Å²) in [7, 11) is 0. The van der Waals surface area contributed by atoms with E-state index >= 15 is 0 Å². The summed E-state index contributed by atoms with van der Waals surface area (Å²) in [4.78, 5) is 24.2.